The van der Waals surface area contributed by atoms with E-state index < -0.39 is 28.1 Å². The minimum absolute atomic E-state index is 0.00200. The van der Waals surface area contributed by atoms with Crippen LogP contribution in [0.4, 0.5) is 21.0 Å². The highest BCUT2D eigenvalue weighted by atomic mass is 32.2. The number of para-hydroxylation sites is 1. The molecule has 4 amide bonds. The molecule has 31 heavy (non-hydrogen) atoms. The van der Waals surface area contributed by atoms with E-state index in [-0.39, 0.29) is 27.1 Å². The van der Waals surface area contributed by atoms with Crippen LogP contribution in [0.15, 0.2) is 53.4 Å². The van der Waals surface area contributed by atoms with Gasteiger partial charge in [-0.1, -0.05) is 18.2 Å². The summed E-state index contributed by atoms with van der Waals surface area (Å²) in [6, 6.07) is 10.6. The maximum Gasteiger partial charge on any atom is 0.413 e. The first kappa shape index (κ1) is 23.6. The summed E-state index contributed by atoms with van der Waals surface area (Å²) in [6.07, 6.45) is -0.863. The smallest absolute Gasteiger partial charge is 0.413 e. The van der Waals surface area contributed by atoms with Gasteiger partial charge in [0.05, 0.1) is 18.5 Å². The molecule has 0 atom stereocenters. The van der Waals surface area contributed by atoms with Gasteiger partial charge in [0.1, 0.15) is 10.6 Å². The zero-order chi connectivity index (χ0) is 23.0. The molecule has 0 unspecified atom stereocenters. The summed E-state index contributed by atoms with van der Waals surface area (Å²) in [4.78, 5) is 34.0. The van der Waals surface area contributed by atoms with Gasteiger partial charge in [0, 0.05) is 6.92 Å². The number of methoxy groups -OCH3 is 1. The second-order valence-corrected chi connectivity index (χ2v) is 7.72. The zero-order valence-corrected chi connectivity index (χ0v) is 17.9. The number of hydrogen-bond donors (Lipinski definition) is 4. The van der Waals surface area contributed by atoms with Gasteiger partial charge in [-0.05, 0) is 42.5 Å². The molecule has 11 nitrogen and oxygen atoms in total. The Morgan fingerprint density at radius 3 is 2.23 bits per heavy atom. The first-order valence-corrected chi connectivity index (χ1v) is 10.3. The number of ether oxygens (including phenoxy) is 1. The normalized spacial score (nSPS) is 10.4. The number of carbonyl (C=O) groups is 3. The summed E-state index contributed by atoms with van der Waals surface area (Å²) in [6.45, 7) is 1.14. The van der Waals surface area contributed by atoms with E-state index in [1.54, 1.807) is 18.2 Å². The molecule has 2 rings (SSSR count). The quantitative estimate of drug-likeness (QED) is 0.384. The van der Waals surface area contributed by atoms with Crippen molar-refractivity contribution in [2.45, 2.75) is 11.8 Å². The minimum Gasteiger partial charge on any atom is -0.453 e. The molecule has 0 saturated carbocycles. The lowest BCUT2D eigenvalue weighted by Gasteiger charge is -2.16. The Bertz CT molecular complexity index is 1110. The van der Waals surface area contributed by atoms with Crippen molar-refractivity contribution in [3.05, 3.63) is 48.5 Å². The molecule has 0 bridgehead atoms. The average molecular weight is 466 g/mol. The van der Waals surface area contributed by atoms with Crippen LogP contribution >= 0.6 is 12.2 Å². The summed E-state index contributed by atoms with van der Waals surface area (Å²) in [7, 11) is -3.11. The van der Waals surface area contributed by atoms with Crippen molar-refractivity contribution < 1.29 is 31.7 Å². The number of thiocarbonyl (C=S) groups is 1. The van der Waals surface area contributed by atoms with Crippen LogP contribution in [-0.4, -0.2) is 38.7 Å². The SMILES string of the molecule is COC(=O)NC(=S)Nc1cc(S(=O)(=O)Oc2ccccc2)ccc1NC(=O)NC(C)=O. The van der Waals surface area contributed by atoms with Gasteiger partial charge in [-0.15, -0.1) is 0 Å². The number of nitrogens with one attached hydrogen (secondary N) is 4. The third-order valence-corrected chi connectivity index (χ3v) is 4.86. The zero-order valence-electron chi connectivity index (χ0n) is 16.3. The molecule has 0 spiro atoms. The summed E-state index contributed by atoms with van der Waals surface area (Å²) >= 11 is 4.98. The lowest BCUT2D eigenvalue weighted by Crippen LogP contribution is -2.35. The number of imide groups is 1. The van der Waals surface area contributed by atoms with Gasteiger partial charge in [0.25, 0.3) is 0 Å². The van der Waals surface area contributed by atoms with Crippen LogP contribution in [0.25, 0.3) is 0 Å². The second-order valence-electron chi connectivity index (χ2n) is 5.76. The summed E-state index contributed by atoms with van der Waals surface area (Å²) in [5.41, 5.74) is 0.0595. The van der Waals surface area contributed by atoms with Gasteiger partial charge in [-0.2, -0.15) is 8.42 Å². The molecule has 4 N–H and O–H groups in total. The highest BCUT2D eigenvalue weighted by Gasteiger charge is 2.20. The van der Waals surface area contributed by atoms with Crippen LogP contribution in [-0.2, 0) is 19.6 Å². The standard InChI is InChI=1S/C18H18N4O7S2/c1-11(23)19-16(24)20-14-9-8-13(10-15(14)21-17(30)22-18(25)28-2)31(26,27)29-12-6-4-3-5-7-12/h3-10H,1-2H3,(H2,19,20,23,24)(H2,21,22,25,30). The maximum atomic E-state index is 12.6. The number of carbonyl (C=O) groups excluding carboxylic acids is 3. The molecule has 0 radical (unpaired) electrons. The Kier molecular flexibility index (Phi) is 7.88. The van der Waals surface area contributed by atoms with Gasteiger partial charge >= 0.3 is 22.2 Å². The lowest BCUT2D eigenvalue weighted by atomic mass is 10.2. The molecule has 0 aliphatic heterocycles. The number of urea groups is 1. The van der Waals surface area contributed by atoms with Crippen molar-refractivity contribution in [2.24, 2.45) is 0 Å². The van der Waals surface area contributed by atoms with E-state index in [4.69, 9.17) is 16.4 Å². The van der Waals surface area contributed by atoms with Gasteiger partial charge in [0.15, 0.2) is 5.11 Å². The number of rotatable bonds is 5. The maximum absolute atomic E-state index is 12.6. The molecule has 13 heteroatoms. The Balaban J connectivity index is 2.36. The monoisotopic (exact) mass is 466 g/mol. The Labute approximate surface area is 183 Å². The highest BCUT2D eigenvalue weighted by molar-refractivity contribution is 7.87. The lowest BCUT2D eigenvalue weighted by molar-refractivity contribution is -0.117. The van der Waals surface area contributed by atoms with Gasteiger partial charge in [-0.3, -0.25) is 15.4 Å². The molecular weight excluding hydrogens is 448 g/mol. The highest BCUT2D eigenvalue weighted by Crippen LogP contribution is 2.27. The largest absolute Gasteiger partial charge is 0.453 e. The van der Waals surface area contributed by atoms with Gasteiger partial charge in [-0.25, -0.2) is 9.59 Å². The van der Waals surface area contributed by atoms with Crippen LogP contribution in [0.3, 0.4) is 0 Å². The van der Waals surface area contributed by atoms with Gasteiger partial charge in [0.2, 0.25) is 5.91 Å². The fourth-order valence-corrected chi connectivity index (χ4v) is 3.30. The van der Waals surface area contributed by atoms with Crippen LogP contribution in [0.2, 0.25) is 0 Å². The number of amides is 4. The van der Waals surface area contributed by atoms with Crippen molar-refractivity contribution in [2.75, 3.05) is 17.7 Å². The molecular formula is C18H18N4O7S2. The molecule has 0 saturated heterocycles. The minimum atomic E-state index is -4.24. The van der Waals surface area contributed by atoms with E-state index >= 15 is 0 Å². The number of anilines is 2. The third kappa shape index (κ3) is 7.24. The number of benzene rings is 2. The predicted molar refractivity (Wildman–Crippen MR) is 115 cm³/mol. The fraction of sp³-hybridized carbons (Fsp3) is 0.111. The van der Waals surface area contributed by atoms with Crippen LogP contribution in [0.1, 0.15) is 6.92 Å². The molecule has 0 aromatic heterocycles. The van der Waals surface area contributed by atoms with E-state index in [1.165, 1.54) is 24.3 Å². The first-order chi connectivity index (χ1) is 14.6. The Hall–Kier alpha value is -3.71. The average Bonchev–Trinajstić information content (AvgIpc) is 2.68. The Morgan fingerprint density at radius 2 is 1.61 bits per heavy atom. The van der Waals surface area contributed by atoms with Crippen molar-refractivity contribution in [3.63, 3.8) is 0 Å². The van der Waals surface area contributed by atoms with Crippen LogP contribution in [0, 0.1) is 0 Å². The van der Waals surface area contributed by atoms with Crippen molar-refractivity contribution in [1.29, 1.82) is 0 Å². The molecule has 0 heterocycles. The summed E-state index contributed by atoms with van der Waals surface area (Å²) in [5, 5.41) is 8.91. The van der Waals surface area contributed by atoms with E-state index in [0.29, 0.717) is 0 Å². The molecule has 0 fully saturated rings. The van der Waals surface area contributed by atoms with Crippen LogP contribution < -0.4 is 25.5 Å². The number of hydrogen-bond acceptors (Lipinski definition) is 8. The van der Waals surface area contributed by atoms with E-state index in [9.17, 15) is 22.8 Å². The van der Waals surface area contributed by atoms with Crippen LogP contribution in [0.5, 0.6) is 5.75 Å². The van der Waals surface area contributed by atoms with Crippen molar-refractivity contribution in [1.82, 2.24) is 10.6 Å². The van der Waals surface area contributed by atoms with E-state index in [1.807, 2.05) is 5.32 Å². The van der Waals surface area contributed by atoms with Crippen molar-refractivity contribution in [3.8, 4) is 5.75 Å². The molecule has 2 aromatic rings. The summed E-state index contributed by atoms with van der Waals surface area (Å²) in [5.74, 6) is -0.506. The molecule has 0 aliphatic carbocycles. The fourth-order valence-electron chi connectivity index (χ4n) is 2.15. The molecule has 0 aliphatic rings. The predicted octanol–water partition coefficient (Wildman–Crippen LogP) is 2.18. The number of alkyl carbamates (subject to hydrolysis) is 1. The van der Waals surface area contributed by atoms with Gasteiger partial charge < -0.3 is 19.6 Å². The Morgan fingerprint density at radius 1 is 0.935 bits per heavy atom. The molecule has 164 valence electrons. The van der Waals surface area contributed by atoms with E-state index in [2.05, 4.69) is 20.7 Å². The van der Waals surface area contributed by atoms with E-state index in [0.717, 1.165) is 20.1 Å². The topological polar surface area (TPSA) is 152 Å². The first-order valence-electron chi connectivity index (χ1n) is 8.49. The molecule has 2 aromatic carbocycles. The van der Waals surface area contributed by atoms with Crippen molar-refractivity contribution >= 4 is 56.9 Å². The summed E-state index contributed by atoms with van der Waals surface area (Å²) < 4.78 is 34.8. The third-order valence-electron chi connectivity index (χ3n) is 3.42. The second kappa shape index (κ2) is 10.4.